The predicted octanol–water partition coefficient (Wildman–Crippen LogP) is 2.80. The molecule has 4 heterocycles. The summed E-state index contributed by atoms with van der Waals surface area (Å²) >= 11 is 0. The Morgan fingerprint density at radius 2 is 1.97 bits per heavy atom. The number of anilines is 2. The Bertz CT molecular complexity index is 1340. The van der Waals surface area contributed by atoms with Crippen LogP contribution >= 0.6 is 0 Å². The first-order valence-corrected chi connectivity index (χ1v) is 12.1. The van der Waals surface area contributed by atoms with E-state index in [0.717, 1.165) is 24.3 Å². The van der Waals surface area contributed by atoms with Crippen LogP contribution in [0, 0.1) is 12.7 Å². The molecule has 1 unspecified atom stereocenters. The van der Waals surface area contributed by atoms with Crippen molar-refractivity contribution in [3.63, 3.8) is 0 Å². The van der Waals surface area contributed by atoms with Crippen LogP contribution in [0.5, 0.6) is 0 Å². The van der Waals surface area contributed by atoms with Crippen LogP contribution in [0.4, 0.5) is 20.8 Å². The Morgan fingerprint density at radius 1 is 1.19 bits per heavy atom. The van der Waals surface area contributed by atoms with Crippen LogP contribution in [0.25, 0.3) is 5.52 Å². The van der Waals surface area contributed by atoms with Crippen LogP contribution in [0.1, 0.15) is 23.1 Å². The molecule has 2 N–H and O–H groups in total. The van der Waals surface area contributed by atoms with Crippen molar-refractivity contribution in [2.75, 3.05) is 44.8 Å². The molecule has 0 bridgehead atoms. The van der Waals surface area contributed by atoms with Crippen LogP contribution in [-0.2, 0) is 16.5 Å². The molecule has 0 radical (unpaired) electrons. The fourth-order valence-corrected chi connectivity index (χ4v) is 4.11. The molecular formula is C25H29FN8O3. The van der Waals surface area contributed by atoms with Gasteiger partial charge < -0.3 is 20.1 Å². The van der Waals surface area contributed by atoms with Crippen LogP contribution in [0.3, 0.4) is 0 Å². The summed E-state index contributed by atoms with van der Waals surface area (Å²) in [7, 11) is 1.86. The van der Waals surface area contributed by atoms with Gasteiger partial charge in [0.15, 0.2) is 17.5 Å². The number of benzene rings is 1. The highest BCUT2D eigenvalue weighted by Gasteiger charge is 2.23. The quantitative estimate of drug-likeness (QED) is 0.374. The number of nitrogens with one attached hydrogen (secondary N) is 2. The van der Waals surface area contributed by atoms with Gasteiger partial charge in [-0.2, -0.15) is 5.10 Å². The van der Waals surface area contributed by atoms with Crippen molar-refractivity contribution in [2.24, 2.45) is 7.05 Å². The number of ether oxygens (including phenoxy) is 2. The van der Waals surface area contributed by atoms with Gasteiger partial charge in [0, 0.05) is 44.6 Å². The lowest BCUT2D eigenvalue weighted by molar-refractivity contribution is 0.0280. The van der Waals surface area contributed by atoms with E-state index in [4.69, 9.17) is 14.5 Å². The second kappa shape index (κ2) is 10.9. The Balaban J connectivity index is 1.40. The molecule has 5 rings (SSSR count). The van der Waals surface area contributed by atoms with E-state index >= 15 is 0 Å². The molecule has 1 amide bonds. The molecular weight excluding hydrogens is 479 g/mol. The topological polar surface area (TPSA) is 111 Å². The summed E-state index contributed by atoms with van der Waals surface area (Å²) in [6.07, 6.45) is 1.17. The van der Waals surface area contributed by atoms with Gasteiger partial charge in [0.1, 0.15) is 24.0 Å². The van der Waals surface area contributed by atoms with E-state index < -0.39 is 12.1 Å². The number of halogens is 1. The Morgan fingerprint density at radius 3 is 2.70 bits per heavy atom. The van der Waals surface area contributed by atoms with Gasteiger partial charge >= 0.3 is 6.09 Å². The smallest absolute Gasteiger partial charge is 0.408 e. The molecule has 1 fully saturated rings. The highest BCUT2D eigenvalue weighted by atomic mass is 19.1. The first-order chi connectivity index (χ1) is 18.0. The van der Waals surface area contributed by atoms with Crippen molar-refractivity contribution in [1.29, 1.82) is 0 Å². The fourth-order valence-electron chi connectivity index (χ4n) is 4.11. The van der Waals surface area contributed by atoms with Crippen LogP contribution in [-0.4, -0.2) is 74.8 Å². The molecule has 37 heavy (non-hydrogen) atoms. The molecule has 1 saturated heterocycles. The summed E-state index contributed by atoms with van der Waals surface area (Å²) in [5, 5.41) is 15.2. The first kappa shape index (κ1) is 24.7. The number of aryl methyl sites for hydroxylation is 2. The average Bonchev–Trinajstić information content (AvgIpc) is 3.49. The van der Waals surface area contributed by atoms with E-state index in [1.54, 1.807) is 27.5 Å². The minimum absolute atomic E-state index is 0.227. The van der Waals surface area contributed by atoms with E-state index in [9.17, 15) is 9.18 Å². The summed E-state index contributed by atoms with van der Waals surface area (Å²) < 4.78 is 27.9. The SMILES string of the molecule is Cc1cc(Nc2nc(C(NC(=O)OCCN3CCOCC3)c3ccc(F)cc3)nn3cccc23)nn1C. The normalized spacial score (nSPS) is 15.0. The summed E-state index contributed by atoms with van der Waals surface area (Å²) in [6, 6.07) is 10.7. The van der Waals surface area contributed by atoms with Crippen molar-refractivity contribution in [3.05, 3.63) is 71.6 Å². The van der Waals surface area contributed by atoms with Gasteiger partial charge in [0.2, 0.25) is 0 Å². The van der Waals surface area contributed by atoms with Crippen LogP contribution < -0.4 is 10.6 Å². The van der Waals surface area contributed by atoms with E-state index in [0.29, 0.717) is 42.8 Å². The zero-order valence-corrected chi connectivity index (χ0v) is 20.7. The standard InChI is InChI=1S/C25H29FN8O3/c1-17-16-21(30-32(17)2)27-23-20-4-3-9-34(20)31-24(29-23)22(18-5-7-19(26)8-6-18)28-25(35)37-15-12-33-10-13-36-14-11-33/h3-9,16,22H,10-15H2,1-2H3,(H,28,35)(H,27,29,30,31). The predicted molar refractivity (Wildman–Crippen MR) is 134 cm³/mol. The van der Waals surface area contributed by atoms with Gasteiger partial charge in [0.25, 0.3) is 0 Å². The first-order valence-electron chi connectivity index (χ1n) is 12.1. The van der Waals surface area contributed by atoms with E-state index in [2.05, 4.69) is 25.7 Å². The zero-order valence-electron chi connectivity index (χ0n) is 20.7. The molecule has 1 aliphatic rings. The molecule has 0 spiro atoms. The van der Waals surface area contributed by atoms with Gasteiger partial charge in [-0.1, -0.05) is 12.1 Å². The van der Waals surface area contributed by atoms with Gasteiger partial charge in [-0.05, 0) is 36.8 Å². The maximum Gasteiger partial charge on any atom is 0.408 e. The van der Waals surface area contributed by atoms with Gasteiger partial charge in [-0.15, -0.1) is 5.10 Å². The zero-order chi connectivity index (χ0) is 25.8. The Kier molecular flexibility index (Phi) is 7.28. The minimum atomic E-state index is -0.783. The molecule has 0 aliphatic carbocycles. The fraction of sp³-hybridized carbons (Fsp3) is 0.360. The summed E-state index contributed by atoms with van der Waals surface area (Å²) in [6.45, 7) is 5.75. The monoisotopic (exact) mass is 508 g/mol. The number of hydrogen-bond acceptors (Lipinski definition) is 8. The van der Waals surface area contributed by atoms with E-state index in [1.807, 2.05) is 32.2 Å². The molecule has 11 nitrogen and oxygen atoms in total. The van der Waals surface area contributed by atoms with E-state index in [-0.39, 0.29) is 12.4 Å². The number of aromatic nitrogens is 5. The second-order valence-electron chi connectivity index (χ2n) is 8.80. The van der Waals surface area contributed by atoms with Gasteiger partial charge in [0.05, 0.1) is 13.2 Å². The molecule has 4 aromatic rings. The molecule has 1 aromatic carbocycles. The number of hydrogen-bond donors (Lipinski definition) is 2. The number of alkyl carbamates (subject to hydrolysis) is 1. The summed E-state index contributed by atoms with van der Waals surface area (Å²) in [5.74, 6) is 1.06. The average molecular weight is 509 g/mol. The molecule has 12 heteroatoms. The van der Waals surface area contributed by atoms with Crippen molar-refractivity contribution in [2.45, 2.75) is 13.0 Å². The Hall–Kier alpha value is -4.03. The van der Waals surface area contributed by atoms with Gasteiger partial charge in [-0.3, -0.25) is 9.58 Å². The number of amides is 1. The molecule has 0 saturated carbocycles. The largest absolute Gasteiger partial charge is 0.448 e. The number of nitrogens with zero attached hydrogens (tertiary/aromatic N) is 6. The molecule has 194 valence electrons. The highest BCUT2D eigenvalue weighted by Crippen LogP contribution is 2.25. The van der Waals surface area contributed by atoms with Crippen molar-refractivity contribution >= 4 is 23.2 Å². The van der Waals surface area contributed by atoms with Crippen molar-refractivity contribution in [1.82, 2.24) is 34.6 Å². The molecule has 3 aromatic heterocycles. The summed E-state index contributed by atoms with van der Waals surface area (Å²) in [5.41, 5.74) is 2.32. The third kappa shape index (κ3) is 5.87. The van der Waals surface area contributed by atoms with Gasteiger partial charge in [-0.25, -0.2) is 18.7 Å². The number of carbonyl (C=O) groups excluding carboxylic acids is 1. The highest BCUT2D eigenvalue weighted by molar-refractivity contribution is 5.72. The lowest BCUT2D eigenvalue weighted by Crippen LogP contribution is -2.39. The number of fused-ring (bicyclic) bond motifs is 1. The van der Waals surface area contributed by atoms with Crippen LogP contribution in [0.15, 0.2) is 48.7 Å². The molecule has 1 atom stereocenters. The molecule has 1 aliphatic heterocycles. The van der Waals surface area contributed by atoms with Crippen LogP contribution in [0.2, 0.25) is 0 Å². The third-order valence-corrected chi connectivity index (χ3v) is 6.24. The van der Waals surface area contributed by atoms with Crippen molar-refractivity contribution < 1.29 is 18.7 Å². The number of morpholine rings is 1. The maximum atomic E-state index is 13.7. The maximum absolute atomic E-state index is 13.7. The number of carbonyl (C=O) groups is 1. The third-order valence-electron chi connectivity index (χ3n) is 6.24. The lowest BCUT2D eigenvalue weighted by atomic mass is 10.1. The Labute approximate surface area is 213 Å². The second-order valence-corrected chi connectivity index (χ2v) is 8.80. The summed E-state index contributed by atoms with van der Waals surface area (Å²) in [4.78, 5) is 19.7. The lowest BCUT2D eigenvalue weighted by Gasteiger charge is -2.26. The number of rotatable bonds is 8. The van der Waals surface area contributed by atoms with Crippen molar-refractivity contribution in [3.8, 4) is 0 Å². The minimum Gasteiger partial charge on any atom is -0.448 e. The van der Waals surface area contributed by atoms with E-state index in [1.165, 1.54) is 12.1 Å².